The average Bonchev–Trinajstić information content (AvgIpc) is 3.14. The summed E-state index contributed by atoms with van der Waals surface area (Å²) in [6.07, 6.45) is -1.79. The smallest absolute Gasteiger partial charge is 0.133 e. The number of benzene rings is 5. The molecule has 0 spiro atoms. The Morgan fingerprint density at radius 1 is 0.540 bits per heavy atom. The zero-order valence-corrected chi connectivity index (χ0v) is 30.8. The van der Waals surface area contributed by atoms with Crippen molar-refractivity contribution in [3.63, 3.8) is 0 Å². The Balaban J connectivity index is 1.38. The second-order valence-electron chi connectivity index (χ2n) is 13.3. The standard InChI is InChI=1S/C43H47O5PS/c1-43(2,3)50-42-41(48-49(36-25-15-7-16-26-36)37-27-17-8-18-28-37)40(46-31-35-23-13-6-14-24-35)39(45-30-34-21-11-5-12-22-34)38(47-42)32-44-29-33-19-9-4-10-20-33/h4-28,38-42H,29-32H2,1-3H3/t38-,39-,40+,41-,42+/m1/s1. The molecular formula is C43H47O5PS. The first kappa shape index (κ1) is 36.5. The van der Waals surface area contributed by atoms with Gasteiger partial charge in [0.2, 0.25) is 0 Å². The molecule has 260 valence electrons. The molecule has 1 heterocycles. The fraction of sp³-hybridized carbons (Fsp3) is 0.302. The lowest BCUT2D eigenvalue weighted by molar-refractivity contribution is -0.236. The van der Waals surface area contributed by atoms with Gasteiger partial charge in [0, 0.05) is 15.4 Å². The van der Waals surface area contributed by atoms with Crippen LogP contribution in [0.4, 0.5) is 0 Å². The molecule has 1 fully saturated rings. The Morgan fingerprint density at radius 2 is 0.960 bits per heavy atom. The molecule has 5 atom stereocenters. The second-order valence-corrected chi connectivity index (χ2v) is 17.1. The Hall–Kier alpha value is -3.32. The zero-order chi connectivity index (χ0) is 34.6. The summed E-state index contributed by atoms with van der Waals surface area (Å²) in [6, 6.07) is 51.8. The highest BCUT2D eigenvalue weighted by Crippen LogP contribution is 2.46. The van der Waals surface area contributed by atoms with E-state index >= 15 is 0 Å². The molecule has 7 heteroatoms. The molecule has 50 heavy (non-hydrogen) atoms. The first-order valence-electron chi connectivity index (χ1n) is 17.3. The van der Waals surface area contributed by atoms with Crippen LogP contribution >= 0.6 is 19.9 Å². The highest BCUT2D eigenvalue weighted by Gasteiger charge is 2.50. The molecule has 5 aromatic carbocycles. The van der Waals surface area contributed by atoms with Crippen LogP contribution in [-0.4, -0.2) is 41.2 Å². The third-order valence-electron chi connectivity index (χ3n) is 8.23. The van der Waals surface area contributed by atoms with Gasteiger partial charge in [-0.25, -0.2) is 0 Å². The van der Waals surface area contributed by atoms with Crippen LogP contribution < -0.4 is 10.6 Å². The van der Waals surface area contributed by atoms with Crippen molar-refractivity contribution in [1.29, 1.82) is 0 Å². The lowest BCUT2D eigenvalue weighted by Gasteiger charge is -2.48. The van der Waals surface area contributed by atoms with Crippen LogP contribution in [-0.2, 0) is 43.3 Å². The van der Waals surface area contributed by atoms with E-state index in [1.807, 2.05) is 66.7 Å². The lowest BCUT2D eigenvalue weighted by atomic mass is 9.99. The van der Waals surface area contributed by atoms with Crippen LogP contribution in [0, 0.1) is 0 Å². The number of hydrogen-bond donors (Lipinski definition) is 0. The number of hydrogen-bond acceptors (Lipinski definition) is 6. The van der Waals surface area contributed by atoms with Gasteiger partial charge in [0.15, 0.2) is 0 Å². The van der Waals surface area contributed by atoms with Gasteiger partial charge >= 0.3 is 0 Å². The number of rotatable bonds is 15. The Bertz CT molecular complexity index is 1630. The predicted octanol–water partition coefficient (Wildman–Crippen LogP) is 9.06. The molecule has 1 aliphatic rings. The van der Waals surface area contributed by atoms with E-state index in [1.165, 1.54) is 0 Å². The van der Waals surface area contributed by atoms with Gasteiger partial charge in [-0.2, -0.15) is 0 Å². The summed E-state index contributed by atoms with van der Waals surface area (Å²) in [6.45, 7) is 8.29. The van der Waals surface area contributed by atoms with E-state index in [-0.39, 0.29) is 10.2 Å². The summed E-state index contributed by atoms with van der Waals surface area (Å²) in [7, 11) is -1.22. The molecule has 6 rings (SSSR count). The number of thioether (sulfide) groups is 1. The van der Waals surface area contributed by atoms with Crippen molar-refractivity contribution >= 4 is 30.5 Å². The van der Waals surface area contributed by atoms with Crippen molar-refractivity contribution in [2.45, 2.75) is 75.2 Å². The van der Waals surface area contributed by atoms with Crippen molar-refractivity contribution in [3.8, 4) is 0 Å². The van der Waals surface area contributed by atoms with E-state index in [0.29, 0.717) is 26.4 Å². The molecule has 0 aromatic heterocycles. The minimum atomic E-state index is -1.22. The van der Waals surface area contributed by atoms with Crippen molar-refractivity contribution in [1.82, 2.24) is 0 Å². The highest BCUT2D eigenvalue weighted by molar-refractivity contribution is 8.01. The summed E-state index contributed by atoms with van der Waals surface area (Å²) >= 11 is 1.77. The predicted molar refractivity (Wildman–Crippen MR) is 206 cm³/mol. The Morgan fingerprint density at radius 3 is 1.42 bits per heavy atom. The molecule has 0 radical (unpaired) electrons. The maximum Gasteiger partial charge on any atom is 0.133 e. The quantitative estimate of drug-likeness (QED) is 0.101. The highest BCUT2D eigenvalue weighted by atomic mass is 32.2. The van der Waals surface area contributed by atoms with Gasteiger partial charge in [0.25, 0.3) is 0 Å². The summed E-state index contributed by atoms with van der Waals surface area (Å²) in [5.74, 6) is 0. The van der Waals surface area contributed by atoms with E-state index in [4.69, 9.17) is 23.5 Å². The van der Waals surface area contributed by atoms with Gasteiger partial charge < -0.3 is 23.5 Å². The van der Waals surface area contributed by atoms with E-state index in [9.17, 15) is 0 Å². The van der Waals surface area contributed by atoms with Crippen molar-refractivity contribution < 1.29 is 23.5 Å². The summed E-state index contributed by atoms with van der Waals surface area (Å²) < 4.78 is 34.6. The van der Waals surface area contributed by atoms with Crippen LogP contribution in [0.1, 0.15) is 37.5 Å². The minimum absolute atomic E-state index is 0.119. The first-order chi connectivity index (χ1) is 24.4. The van der Waals surface area contributed by atoms with Crippen LogP contribution in [0.15, 0.2) is 152 Å². The SMILES string of the molecule is CC(C)(C)S[C@@H]1O[C@H](COCc2ccccc2)[C@@H](OCc2ccccc2)[C@H](OCc2ccccc2)[C@H]1OP(c1ccccc1)c1ccccc1. The lowest BCUT2D eigenvalue weighted by Crippen LogP contribution is -2.60. The molecular weight excluding hydrogens is 660 g/mol. The minimum Gasteiger partial charge on any atom is -0.374 e. The van der Waals surface area contributed by atoms with Crippen LogP contribution in [0.5, 0.6) is 0 Å². The first-order valence-corrected chi connectivity index (χ1v) is 19.4. The third kappa shape index (κ3) is 10.6. The zero-order valence-electron chi connectivity index (χ0n) is 29.0. The monoisotopic (exact) mass is 706 g/mol. The van der Waals surface area contributed by atoms with Gasteiger partial charge in [0.1, 0.15) is 29.9 Å². The van der Waals surface area contributed by atoms with Crippen molar-refractivity contribution in [3.05, 3.63) is 168 Å². The molecule has 0 bridgehead atoms. The van der Waals surface area contributed by atoms with Crippen molar-refractivity contribution in [2.75, 3.05) is 6.61 Å². The molecule has 5 aromatic rings. The molecule has 0 saturated carbocycles. The van der Waals surface area contributed by atoms with Crippen LogP contribution in [0.2, 0.25) is 0 Å². The third-order valence-corrected chi connectivity index (χ3v) is 11.5. The van der Waals surface area contributed by atoms with E-state index in [0.717, 1.165) is 27.3 Å². The normalized spacial score (nSPS) is 20.9. The fourth-order valence-electron chi connectivity index (χ4n) is 5.88. The molecule has 0 aliphatic carbocycles. The van der Waals surface area contributed by atoms with Gasteiger partial charge in [-0.05, 0) is 16.7 Å². The van der Waals surface area contributed by atoms with E-state index in [1.54, 1.807) is 11.8 Å². The molecule has 0 unspecified atom stereocenters. The molecule has 5 nitrogen and oxygen atoms in total. The van der Waals surface area contributed by atoms with E-state index < -0.39 is 32.6 Å². The largest absolute Gasteiger partial charge is 0.374 e. The van der Waals surface area contributed by atoms with Crippen LogP contribution in [0.25, 0.3) is 0 Å². The molecule has 1 aliphatic heterocycles. The fourth-order valence-corrected chi connectivity index (χ4v) is 9.10. The van der Waals surface area contributed by atoms with Gasteiger partial charge in [-0.15, -0.1) is 11.8 Å². The molecule has 0 amide bonds. The topological polar surface area (TPSA) is 46.2 Å². The van der Waals surface area contributed by atoms with Gasteiger partial charge in [-0.3, -0.25) is 0 Å². The molecule has 0 N–H and O–H groups in total. The average molecular weight is 707 g/mol. The molecule has 1 saturated heterocycles. The maximum atomic E-state index is 7.40. The van der Waals surface area contributed by atoms with Gasteiger partial charge in [-0.1, -0.05) is 172 Å². The second kappa shape index (κ2) is 18.3. The summed E-state index contributed by atoms with van der Waals surface area (Å²) in [5.41, 5.74) is 2.93. The van der Waals surface area contributed by atoms with Crippen LogP contribution in [0.3, 0.4) is 0 Å². The van der Waals surface area contributed by atoms with Crippen molar-refractivity contribution in [2.24, 2.45) is 0 Å². The maximum absolute atomic E-state index is 7.40. The van der Waals surface area contributed by atoms with E-state index in [2.05, 4.69) is 106 Å². The Labute approximate surface area is 303 Å². The van der Waals surface area contributed by atoms with Gasteiger partial charge in [0.05, 0.1) is 34.6 Å². The Kier molecular flexibility index (Phi) is 13.3. The summed E-state index contributed by atoms with van der Waals surface area (Å²) in [4.78, 5) is 0. The number of ether oxygens (including phenoxy) is 4. The summed E-state index contributed by atoms with van der Waals surface area (Å²) in [5, 5.41) is 2.26.